The lowest BCUT2D eigenvalue weighted by Crippen LogP contribution is -2.60. The van der Waals surface area contributed by atoms with E-state index in [1.165, 1.54) is 6.08 Å². The van der Waals surface area contributed by atoms with E-state index in [2.05, 4.69) is 5.73 Å². The van der Waals surface area contributed by atoms with Gasteiger partial charge in [-0.15, -0.1) is 0 Å². The molecule has 0 heterocycles. The second-order valence-corrected chi connectivity index (χ2v) is 4.04. The maximum atomic E-state index is 11.3. The summed E-state index contributed by atoms with van der Waals surface area (Å²) in [5, 5.41) is 8.25. The Balaban J connectivity index is 3.96. The summed E-state index contributed by atoms with van der Waals surface area (Å²) in [7, 11) is 0. The van der Waals surface area contributed by atoms with Crippen molar-refractivity contribution in [3.8, 4) is 6.07 Å². The molecule has 0 fully saturated rings. The maximum Gasteiger partial charge on any atom is 0.312 e. The zero-order chi connectivity index (χ0) is 11.2. The molecule has 0 unspecified atom stereocenters. The Morgan fingerprint density at radius 2 is 2.21 bits per heavy atom. The van der Waals surface area contributed by atoms with Crippen molar-refractivity contribution in [2.24, 2.45) is 0 Å². The Hall–Kier alpha value is -1.34. The molecule has 0 saturated heterocycles. The predicted molar refractivity (Wildman–Crippen MR) is 51.9 cm³/mol. The molecule has 3 N–H and O–H groups in total. The minimum atomic E-state index is -0.463. The molecule has 0 aliphatic heterocycles. The van der Waals surface area contributed by atoms with Crippen LogP contribution < -0.4 is 5.73 Å². The van der Waals surface area contributed by atoms with Crippen molar-refractivity contribution < 1.29 is 15.3 Å². The van der Waals surface area contributed by atoms with Crippen LogP contribution in [-0.2, 0) is 9.53 Å². The van der Waals surface area contributed by atoms with Gasteiger partial charge in [0.1, 0.15) is 18.1 Å². The molecule has 0 rings (SSSR count). The van der Waals surface area contributed by atoms with E-state index in [4.69, 9.17) is 10.00 Å². The minimum Gasteiger partial charge on any atom is -0.460 e. The lowest BCUT2D eigenvalue weighted by Gasteiger charge is -2.19. The van der Waals surface area contributed by atoms with Gasteiger partial charge in [0.15, 0.2) is 0 Å². The first-order chi connectivity index (χ1) is 6.35. The number of allylic oxidation sites excluding steroid dienone is 1. The van der Waals surface area contributed by atoms with E-state index in [9.17, 15) is 4.79 Å². The summed E-state index contributed by atoms with van der Waals surface area (Å²) < 4.78 is 5.09. The number of carbonyl (C=O) groups excluding carboxylic acids is 1. The Labute approximate surface area is 84.3 Å². The molecule has 0 radical (unpaired) electrons. The summed E-state index contributed by atoms with van der Waals surface area (Å²) in [5.41, 5.74) is 3.24. The van der Waals surface area contributed by atoms with Crippen LogP contribution in [0.15, 0.2) is 12.2 Å². The van der Waals surface area contributed by atoms with E-state index >= 15 is 0 Å². The Morgan fingerprint density at radius 1 is 1.64 bits per heavy atom. The van der Waals surface area contributed by atoms with Crippen molar-refractivity contribution in [3.63, 3.8) is 0 Å². The van der Waals surface area contributed by atoms with Crippen LogP contribution in [0.4, 0.5) is 0 Å². The predicted octanol–water partition coefficient (Wildman–Crippen LogP) is 0.408. The van der Waals surface area contributed by atoms with E-state index in [0.29, 0.717) is 0 Å². The molecule has 0 amide bonds. The third kappa shape index (κ3) is 7.32. The molecule has 78 valence electrons. The van der Waals surface area contributed by atoms with E-state index in [0.717, 1.165) is 0 Å². The molecule has 0 aromatic heterocycles. The number of esters is 1. The zero-order valence-electron chi connectivity index (χ0n) is 8.91. The molecule has 1 atom stereocenters. The maximum absolute atomic E-state index is 11.3. The third-order valence-electron chi connectivity index (χ3n) is 1.29. The fraction of sp³-hybridized carbons (Fsp3) is 0.600. The van der Waals surface area contributed by atoms with Gasteiger partial charge < -0.3 is 10.5 Å². The number of nitrogens with zero attached hydrogens (tertiary/aromatic N) is 1. The largest absolute Gasteiger partial charge is 0.460 e. The Kier molecular flexibility index (Phi) is 4.89. The molecule has 14 heavy (non-hydrogen) atoms. The summed E-state index contributed by atoms with van der Waals surface area (Å²) in [6.07, 6.45) is 3.11. The lowest BCUT2D eigenvalue weighted by molar-refractivity contribution is -0.402. The van der Waals surface area contributed by atoms with Gasteiger partial charge in [0.25, 0.3) is 0 Å². The van der Waals surface area contributed by atoms with Crippen molar-refractivity contribution in [2.45, 2.75) is 38.8 Å². The van der Waals surface area contributed by atoms with Gasteiger partial charge in [-0.1, -0.05) is 0 Å². The van der Waals surface area contributed by atoms with Crippen LogP contribution >= 0.6 is 0 Å². The van der Waals surface area contributed by atoms with Crippen molar-refractivity contribution >= 4 is 5.97 Å². The first kappa shape index (κ1) is 12.7. The van der Waals surface area contributed by atoms with Crippen LogP contribution in [-0.4, -0.2) is 17.6 Å². The van der Waals surface area contributed by atoms with E-state index in [1.54, 1.807) is 6.08 Å². The topological polar surface area (TPSA) is 77.7 Å². The van der Waals surface area contributed by atoms with Crippen molar-refractivity contribution in [3.05, 3.63) is 12.2 Å². The van der Waals surface area contributed by atoms with Crippen molar-refractivity contribution in [2.75, 3.05) is 0 Å². The molecule has 0 bridgehead atoms. The Morgan fingerprint density at radius 3 is 2.64 bits per heavy atom. The fourth-order valence-corrected chi connectivity index (χ4v) is 0.844. The molecule has 0 saturated carbocycles. The van der Waals surface area contributed by atoms with Gasteiger partial charge in [0.2, 0.25) is 0 Å². The summed E-state index contributed by atoms with van der Waals surface area (Å²) in [6, 6.07) is 1.64. The molecule has 0 aliphatic carbocycles. The summed E-state index contributed by atoms with van der Waals surface area (Å²) in [4.78, 5) is 11.3. The van der Waals surface area contributed by atoms with Crippen molar-refractivity contribution in [1.29, 1.82) is 5.26 Å². The van der Waals surface area contributed by atoms with Crippen LogP contribution in [0.2, 0.25) is 0 Å². The summed E-state index contributed by atoms with van der Waals surface area (Å²) in [6.45, 7) is 5.44. The highest BCUT2D eigenvalue weighted by Crippen LogP contribution is 2.08. The molecular formula is C10H17N2O2+. The van der Waals surface area contributed by atoms with Crippen molar-refractivity contribution in [1.82, 2.24) is 0 Å². The number of hydrogen-bond acceptors (Lipinski definition) is 3. The summed E-state index contributed by atoms with van der Waals surface area (Å²) >= 11 is 0. The quantitative estimate of drug-likeness (QED) is 0.525. The molecular weight excluding hydrogens is 180 g/mol. The van der Waals surface area contributed by atoms with E-state index in [-0.39, 0.29) is 18.4 Å². The lowest BCUT2D eigenvalue weighted by atomic mass is 10.1. The molecule has 0 spiro atoms. The van der Waals surface area contributed by atoms with Gasteiger partial charge >= 0.3 is 5.97 Å². The Bertz CT molecular complexity index is 258. The van der Waals surface area contributed by atoms with E-state index < -0.39 is 5.60 Å². The highest BCUT2D eigenvalue weighted by atomic mass is 16.6. The smallest absolute Gasteiger partial charge is 0.312 e. The van der Waals surface area contributed by atoms with Gasteiger partial charge in [-0.2, -0.15) is 5.26 Å². The monoisotopic (exact) mass is 197 g/mol. The van der Waals surface area contributed by atoms with Gasteiger partial charge in [0.05, 0.1) is 6.07 Å². The fourth-order valence-electron chi connectivity index (χ4n) is 0.844. The first-order valence-electron chi connectivity index (χ1n) is 4.46. The number of ether oxygens (including phenoxy) is 1. The van der Waals surface area contributed by atoms with Gasteiger partial charge in [-0.3, -0.25) is 4.79 Å². The van der Waals surface area contributed by atoms with Gasteiger partial charge in [-0.05, 0) is 26.8 Å². The highest BCUT2D eigenvalue weighted by molar-refractivity contribution is 5.70. The normalized spacial score (nSPS) is 13.6. The SMILES string of the molecule is CC(C)(C)OC(=O)C[C@H]([NH3+])/C=C/C#N. The van der Waals surface area contributed by atoms with Crippen LogP contribution in [0.5, 0.6) is 0 Å². The number of quaternary nitrogens is 1. The zero-order valence-corrected chi connectivity index (χ0v) is 8.91. The second kappa shape index (κ2) is 5.40. The van der Waals surface area contributed by atoms with Crippen LogP contribution in [0.25, 0.3) is 0 Å². The van der Waals surface area contributed by atoms with Crippen LogP contribution in [0, 0.1) is 11.3 Å². The minimum absolute atomic E-state index is 0.204. The number of carbonyl (C=O) groups is 1. The molecule has 4 heteroatoms. The number of nitriles is 1. The number of hydrogen-bond donors (Lipinski definition) is 1. The molecule has 4 nitrogen and oxygen atoms in total. The first-order valence-corrected chi connectivity index (χ1v) is 4.46. The third-order valence-corrected chi connectivity index (χ3v) is 1.29. The van der Waals surface area contributed by atoms with E-state index in [1.807, 2.05) is 26.8 Å². The van der Waals surface area contributed by atoms with Crippen LogP contribution in [0.1, 0.15) is 27.2 Å². The average molecular weight is 197 g/mol. The molecule has 0 aromatic carbocycles. The second-order valence-electron chi connectivity index (χ2n) is 4.04. The summed E-state index contributed by atoms with van der Waals surface area (Å²) in [5.74, 6) is -0.292. The number of rotatable bonds is 3. The molecule has 0 aliphatic rings. The van der Waals surface area contributed by atoms with Gasteiger partial charge in [0, 0.05) is 6.08 Å². The average Bonchev–Trinajstić information content (AvgIpc) is 1.96. The highest BCUT2D eigenvalue weighted by Gasteiger charge is 2.18. The van der Waals surface area contributed by atoms with Crippen LogP contribution in [0.3, 0.4) is 0 Å². The molecule has 0 aromatic rings. The standard InChI is InChI=1S/C10H16N2O2/c1-10(2,3)14-9(13)7-8(12)5-4-6-11/h4-5,8H,7,12H2,1-3H3/p+1/b5-4+/t8-/m1/s1. The van der Waals surface area contributed by atoms with Gasteiger partial charge in [-0.25, -0.2) is 0 Å².